The van der Waals surface area contributed by atoms with Crippen LogP contribution in [0.25, 0.3) is 0 Å². The normalized spacial score (nSPS) is 9.76. The molecule has 2 aromatic carbocycles. The Labute approximate surface area is 127 Å². The Balaban J connectivity index is 2.15. The van der Waals surface area contributed by atoms with E-state index in [4.69, 9.17) is 0 Å². The maximum absolute atomic E-state index is 12.5. The number of hydrogen-bond donors (Lipinski definition) is 0. The van der Waals surface area contributed by atoms with E-state index in [0.29, 0.717) is 6.42 Å². The van der Waals surface area contributed by atoms with Crippen LogP contribution in [-0.4, -0.2) is 5.78 Å². The monoisotopic (exact) mass is 276 g/mol. The average molecular weight is 276 g/mol. The molecule has 0 bridgehead atoms. The lowest BCUT2D eigenvalue weighted by atomic mass is 9.98. The van der Waals surface area contributed by atoms with Gasteiger partial charge in [0.25, 0.3) is 0 Å². The molecule has 2 aromatic rings. The van der Waals surface area contributed by atoms with Crippen molar-refractivity contribution in [2.45, 2.75) is 32.6 Å². The van der Waals surface area contributed by atoms with Gasteiger partial charge in [0.05, 0.1) is 0 Å². The smallest absolute Gasteiger partial charge is 0.168 e. The number of unbranched alkanes of at least 4 members (excludes halogenated alkanes) is 2. The molecule has 0 saturated heterocycles. The van der Waals surface area contributed by atoms with Gasteiger partial charge in [0.15, 0.2) is 5.78 Å². The van der Waals surface area contributed by atoms with Crippen LogP contribution in [-0.2, 0) is 6.42 Å². The quantitative estimate of drug-likeness (QED) is 0.441. The van der Waals surface area contributed by atoms with E-state index in [2.05, 4.69) is 18.8 Å². The zero-order valence-electron chi connectivity index (χ0n) is 12.4. The Morgan fingerprint density at radius 3 is 2.48 bits per heavy atom. The maximum Gasteiger partial charge on any atom is 0.168 e. The van der Waals surface area contributed by atoms with E-state index >= 15 is 0 Å². The van der Waals surface area contributed by atoms with E-state index in [1.54, 1.807) is 0 Å². The largest absolute Gasteiger partial charge is 0.294 e. The highest BCUT2D eigenvalue weighted by Gasteiger charge is 2.10. The van der Waals surface area contributed by atoms with Gasteiger partial charge in [0.2, 0.25) is 0 Å². The van der Waals surface area contributed by atoms with Gasteiger partial charge in [-0.15, -0.1) is 0 Å². The fourth-order valence-corrected chi connectivity index (χ4v) is 2.13. The first kappa shape index (κ1) is 15.1. The van der Waals surface area contributed by atoms with Crippen molar-refractivity contribution >= 4 is 5.78 Å². The van der Waals surface area contributed by atoms with Gasteiger partial charge < -0.3 is 0 Å². The van der Waals surface area contributed by atoms with Crippen LogP contribution in [0.5, 0.6) is 0 Å². The third-order valence-electron chi connectivity index (χ3n) is 3.31. The van der Waals surface area contributed by atoms with Gasteiger partial charge >= 0.3 is 0 Å². The van der Waals surface area contributed by atoms with Crippen molar-refractivity contribution in [1.82, 2.24) is 0 Å². The molecule has 0 aliphatic carbocycles. The van der Waals surface area contributed by atoms with Crippen molar-refractivity contribution in [3.05, 3.63) is 71.3 Å². The summed E-state index contributed by atoms with van der Waals surface area (Å²) in [6, 6.07) is 17.5. The molecule has 0 unspecified atom stereocenters. The lowest BCUT2D eigenvalue weighted by Crippen LogP contribution is -2.05. The number of Topliss-reactive ketones (excluding diaryl/α,β-unsaturated/α-hetero) is 1. The molecule has 0 fully saturated rings. The molecule has 0 aliphatic rings. The van der Waals surface area contributed by atoms with Crippen LogP contribution < -0.4 is 0 Å². The standard InChI is InChI=1S/C20H20O/c1-2-3-4-8-13-18-14-9-10-15-19(18)20(21)16-17-11-6-5-7-12-17/h5-7,9-12,14-15H,2-4,16H2,1H3. The SMILES string of the molecule is CCCCC#Cc1ccccc1C(=O)Cc1ccccc1. The molecular formula is C20H20O. The van der Waals surface area contributed by atoms with Gasteiger partial charge in [0.1, 0.15) is 0 Å². The van der Waals surface area contributed by atoms with Crippen molar-refractivity contribution in [3.8, 4) is 11.8 Å². The highest BCUT2D eigenvalue weighted by molar-refractivity contribution is 5.99. The van der Waals surface area contributed by atoms with Gasteiger partial charge in [-0.05, 0) is 18.1 Å². The Morgan fingerprint density at radius 2 is 1.71 bits per heavy atom. The first-order valence-electron chi connectivity index (χ1n) is 7.46. The zero-order valence-corrected chi connectivity index (χ0v) is 12.4. The molecule has 2 rings (SSSR count). The van der Waals surface area contributed by atoms with E-state index in [1.165, 1.54) is 0 Å². The molecule has 0 amide bonds. The van der Waals surface area contributed by atoms with E-state index in [-0.39, 0.29) is 5.78 Å². The molecule has 0 N–H and O–H groups in total. The number of carbonyl (C=O) groups excluding carboxylic acids is 1. The van der Waals surface area contributed by atoms with E-state index in [9.17, 15) is 4.79 Å². The van der Waals surface area contributed by atoms with Crippen molar-refractivity contribution in [3.63, 3.8) is 0 Å². The lowest BCUT2D eigenvalue weighted by Gasteiger charge is -2.04. The summed E-state index contributed by atoms with van der Waals surface area (Å²) >= 11 is 0. The number of rotatable bonds is 5. The Bertz CT molecular complexity index is 644. The summed E-state index contributed by atoms with van der Waals surface area (Å²) in [5, 5.41) is 0. The molecule has 0 saturated carbocycles. The number of hydrogen-bond acceptors (Lipinski definition) is 1. The Morgan fingerprint density at radius 1 is 1.00 bits per heavy atom. The number of benzene rings is 2. The third kappa shape index (κ3) is 4.61. The second-order valence-electron chi connectivity index (χ2n) is 5.04. The van der Waals surface area contributed by atoms with Gasteiger partial charge in [-0.25, -0.2) is 0 Å². The average Bonchev–Trinajstić information content (AvgIpc) is 2.53. The van der Waals surface area contributed by atoms with Crippen molar-refractivity contribution in [1.29, 1.82) is 0 Å². The minimum absolute atomic E-state index is 0.126. The molecule has 106 valence electrons. The summed E-state index contributed by atoms with van der Waals surface area (Å²) in [6.45, 7) is 2.15. The van der Waals surface area contributed by atoms with Crippen molar-refractivity contribution < 1.29 is 4.79 Å². The van der Waals surface area contributed by atoms with Gasteiger partial charge in [-0.2, -0.15) is 0 Å². The summed E-state index contributed by atoms with van der Waals surface area (Å²) < 4.78 is 0. The molecule has 21 heavy (non-hydrogen) atoms. The molecule has 0 aromatic heterocycles. The second-order valence-corrected chi connectivity index (χ2v) is 5.04. The maximum atomic E-state index is 12.5. The summed E-state index contributed by atoms with van der Waals surface area (Å²) in [5.41, 5.74) is 2.61. The molecule has 0 atom stereocenters. The van der Waals surface area contributed by atoms with Crippen LogP contribution in [0.2, 0.25) is 0 Å². The number of ketones is 1. The predicted molar refractivity (Wildman–Crippen MR) is 87.3 cm³/mol. The molecule has 0 heterocycles. The lowest BCUT2D eigenvalue weighted by molar-refractivity contribution is 0.0993. The van der Waals surface area contributed by atoms with E-state index < -0.39 is 0 Å². The topological polar surface area (TPSA) is 17.1 Å². The van der Waals surface area contributed by atoms with Crippen molar-refractivity contribution in [2.24, 2.45) is 0 Å². The fraction of sp³-hybridized carbons (Fsp3) is 0.250. The van der Waals surface area contributed by atoms with Gasteiger partial charge in [-0.1, -0.05) is 73.7 Å². The fourth-order valence-electron chi connectivity index (χ4n) is 2.13. The van der Waals surface area contributed by atoms with Crippen LogP contribution in [0.1, 0.15) is 47.7 Å². The highest BCUT2D eigenvalue weighted by Crippen LogP contribution is 2.12. The Hall–Kier alpha value is -2.33. The summed E-state index contributed by atoms with van der Waals surface area (Å²) in [5.74, 6) is 6.43. The molecule has 1 nitrogen and oxygen atoms in total. The molecule has 1 heteroatoms. The van der Waals surface area contributed by atoms with Crippen LogP contribution in [0, 0.1) is 11.8 Å². The molecule has 0 aliphatic heterocycles. The Kier molecular flexibility index (Phi) is 5.79. The first-order valence-corrected chi connectivity index (χ1v) is 7.46. The minimum atomic E-state index is 0.126. The van der Waals surface area contributed by atoms with Crippen LogP contribution in [0.3, 0.4) is 0 Å². The number of carbonyl (C=O) groups is 1. The zero-order chi connectivity index (χ0) is 14.9. The third-order valence-corrected chi connectivity index (χ3v) is 3.31. The van der Waals surface area contributed by atoms with Crippen LogP contribution in [0.4, 0.5) is 0 Å². The summed E-state index contributed by atoms with van der Waals surface area (Å²) in [7, 11) is 0. The first-order chi connectivity index (χ1) is 10.3. The summed E-state index contributed by atoms with van der Waals surface area (Å²) in [4.78, 5) is 12.5. The molecule has 0 radical (unpaired) electrons. The predicted octanol–water partition coefficient (Wildman–Crippen LogP) is 4.65. The van der Waals surface area contributed by atoms with Crippen LogP contribution in [0.15, 0.2) is 54.6 Å². The van der Waals surface area contributed by atoms with Gasteiger partial charge in [-0.3, -0.25) is 4.79 Å². The van der Waals surface area contributed by atoms with Crippen molar-refractivity contribution in [2.75, 3.05) is 0 Å². The molecule has 0 spiro atoms. The minimum Gasteiger partial charge on any atom is -0.294 e. The van der Waals surface area contributed by atoms with Gasteiger partial charge in [0, 0.05) is 24.0 Å². The van der Waals surface area contributed by atoms with E-state index in [1.807, 2.05) is 54.6 Å². The van der Waals surface area contributed by atoms with E-state index in [0.717, 1.165) is 36.0 Å². The highest BCUT2D eigenvalue weighted by atomic mass is 16.1. The second kappa shape index (κ2) is 8.07. The van der Waals surface area contributed by atoms with Crippen LogP contribution >= 0.6 is 0 Å². The molecular weight excluding hydrogens is 256 g/mol. The summed E-state index contributed by atoms with van der Waals surface area (Å²) in [6.07, 6.45) is 3.56.